The second-order valence-corrected chi connectivity index (χ2v) is 8.10. The molecule has 0 radical (unpaired) electrons. The van der Waals surface area contributed by atoms with Crippen LogP contribution in [0.15, 0.2) is 51.8 Å². The molecule has 0 saturated carbocycles. The molecule has 1 aliphatic heterocycles. The van der Waals surface area contributed by atoms with Gasteiger partial charge in [-0.1, -0.05) is 42.2 Å². The van der Waals surface area contributed by atoms with E-state index in [9.17, 15) is 9.59 Å². The second kappa shape index (κ2) is 8.76. The molecule has 0 aromatic heterocycles. The predicted molar refractivity (Wildman–Crippen MR) is 116 cm³/mol. The van der Waals surface area contributed by atoms with Crippen molar-refractivity contribution >= 4 is 67.9 Å². The number of hydrogen-bond acceptors (Lipinski definition) is 6. The number of rotatable bonds is 6. The fourth-order valence-electron chi connectivity index (χ4n) is 2.52. The van der Waals surface area contributed by atoms with Gasteiger partial charge in [-0.25, -0.2) is 4.79 Å². The summed E-state index contributed by atoms with van der Waals surface area (Å²) in [6, 6.07) is 12.6. The van der Waals surface area contributed by atoms with Gasteiger partial charge in [0.1, 0.15) is 0 Å². The number of carboxylic acids is 1. The van der Waals surface area contributed by atoms with Gasteiger partial charge in [0, 0.05) is 0 Å². The minimum absolute atomic E-state index is 0.206. The maximum absolute atomic E-state index is 12.8. The molecule has 2 aromatic carbocycles. The van der Waals surface area contributed by atoms with E-state index in [4.69, 9.17) is 26.8 Å². The molecular weight excluding hydrogens is 466 g/mol. The molecule has 0 unspecified atom stereocenters. The number of thioether (sulfide) groups is 1. The van der Waals surface area contributed by atoms with Crippen molar-refractivity contribution in [1.82, 2.24) is 0 Å². The molecule has 28 heavy (non-hydrogen) atoms. The van der Waals surface area contributed by atoms with Crippen molar-refractivity contribution < 1.29 is 24.2 Å². The average molecular weight is 480 g/mol. The highest BCUT2D eigenvalue weighted by atomic mass is 79.9. The van der Waals surface area contributed by atoms with E-state index in [1.165, 1.54) is 23.8 Å². The summed E-state index contributed by atoms with van der Waals surface area (Å²) in [5.41, 5.74) is 1.39. The summed E-state index contributed by atoms with van der Waals surface area (Å²) in [7, 11) is 1.45. The number of hydrogen-bond donors (Lipinski definition) is 1. The molecule has 1 saturated heterocycles. The third-order valence-corrected chi connectivity index (χ3v) is 5.59. The fraction of sp³-hybridized carbons (Fsp3) is 0.105. The molecule has 1 heterocycles. The number of carbonyl (C=O) groups excluding carboxylic acids is 1. The maximum atomic E-state index is 12.8. The highest BCUT2D eigenvalue weighted by Crippen LogP contribution is 2.40. The third kappa shape index (κ3) is 4.37. The van der Waals surface area contributed by atoms with Crippen LogP contribution in [0.3, 0.4) is 0 Å². The van der Waals surface area contributed by atoms with Gasteiger partial charge in [0.05, 0.1) is 22.2 Å². The zero-order valence-electron chi connectivity index (χ0n) is 14.5. The van der Waals surface area contributed by atoms with Crippen LogP contribution < -0.4 is 14.4 Å². The first-order chi connectivity index (χ1) is 13.4. The number of carbonyl (C=O) groups is 2. The number of para-hydroxylation sites is 1. The van der Waals surface area contributed by atoms with E-state index in [1.807, 2.05) is 30.3 Å². The summed E-state index contributed by atoms with van der Waals surface area (Å²) in [4.78, 5) is 25.5. The highest BCUT2D eigenvalue weighted by molar-refractivity contribution is 9.10. The Labute approximate surface area is 179 Å². The van der Waals surface area contributed by atoms with E-state index in [-0.39, 0.29) is 11.7 Å². The van der Waals surface area contributed by atoms with E-state index in [0.29, 0.717) is 30.7 Å². The lowest BCUT2D eigenvalue weighted by atomic mass is 10.1. The predicted octanol–water partition coefficient (Wildman–Crippen LogP) is 4.33. The summed E-state index contributed by atoms with van der Waals surface area (Å²) in [6.07, 6.45) is 1.70. The van der Waals surface area contributed by atoms with Crippen molar-refractivity contribution in [2.75, 3.05) is 18.6 Å². The number of nitrogens with zero attached hydrogens (tertiary/aromatic N) is 1. The van der Waals surface area contributed by atoms with Crippen LogP contribution in [0.2, 0.25) is 0 Å². The average Bonchev–Trinajstić information content (AvgIpc) is 2.94. The number of amides is 1. The van der Waals surface area contributed by atoms with Crippen LogP contribution in [0, 0.1) is 0 Å². The van der Waals surface area contributed by atoms with E-state index < -0.39 is 12.6 Å². The molecule has 1 aliphatic rings. The van der Waals surface area contributed by atoms with Crippen molar-refractivity contribution in [2.24, 2.45) is 0 Å². The van der Waals surface area contributed by atoms with E-state index in [2.05, 4.69) is 15.9 Å². The second-order valence-electron chi connectivity index (χ2n) is 5.57. The molecule has 1 N–H and O–H groups in total. The molecule has 3 rings (SSSR count). The maximum Gasteiger partial charge on any atom is 0.341 e. The fourth-order valence-corrected chi connectivity index (χ4v) is 4.39. The lowest BCUT2D eigenvalue weighted by molar-refractivity contribution is -0.139. The van der Waals surface area contributed by atoms with Gasteiger partial charge in [0.15, 0.2) is 22.4 Å². The zero-order chi connectivity index (χ0) is 20.3. The normalized spacial score (nSPS) is 15.2. The van der Waals surface area contributed by atoms with Gasteiger partial charge in [0.2, 0.25) is 0 Å². The Morgan fingerprint density at radius 3 is 2.68 bits per heavy atom. The quantitative estimate of drug-likeness (QED) is 0.487. The third-order valence-electron chi connectivity index (χ3n) is 3.70. The molecule has 6 nitrogen and oxygen atoms in total. The van der Waals surface area contributed by atoms with Crippen LogP contribution in [0.25, 0.3) is 6.08 Å². The molecular formula is C19H14BrNO5S2. The summed E-state index contributed by atoms with van der Waals surface area (Å²) in [5, 5.41) is 8.80. The summed E-state index contributed by atoms with van der Waals surface area (Å²) >= 11 is 9.94. The molecule has 2 aromatic rings. The van der Waals surface area contributed by atoms with Crippen molar-refractivity contribution in [1.29, 1.82) is 0 Å². The van der Waals surface area contributed by atoms with Gasteiger partial charge >= 0.3 is 5.97 Å². The van der Waals surface area contributed by atoms with E-state index >= 15 is 0 Å². The molecule has 0 aliphatic carbocycles. The molecule has 1 fully saturated rings. The van der Waals surface area contributed by atoms with Crippen LogP contribution in [-0.4, -0.2) is 35.0 Å². The molecule has 0 spiro atoms. The largest absolute Gasteiger partial charge is 0.493 e. The van der Waals surface area contributed by atoms with Crippen molar-refractivity contribution in [3.8, 4) is 11.5 Å². The smallest absolute Gasteiger partial charge is 0.341 e. The van der Waals surface area contributed by atoms with Gasteiger partial charge in [-0.2, -0.15) is 0 Å². The Balaban J connectivity index is 1.91. The number of anilines is 1. The Morgan fingerprint density at radius 2 is 2.04 bits per heavy atom. The lowest BCUT2D eigenvalue weighted by Crippen LogP contribution is -2.27. The Bertz CT molecular complexity index is 978. The number of aliphatic carboxylic acids is 1. The SMILES string of the molecule is COc1cc(/C=C2/SC(=S)N(c3ccccc3)C2=O)cc(Br)c1OCC(=O)O. The number of benzene rings is 2. The highest BCUT2D eigenvalue weighted by Gasteiger charge is 2.33. The number of ether oxygens (including phenoxy) is 2. The van der Waals surface area contributed by atoms with Crippen LogP contribution in [-0.2, 0) is 9.59 Å². The molecule has 0 bridgehead atoms. The van der Waals surface area contributed by atoms with E-state index in [0.717, 1.165) is 0 Å². The van der Waals surface area contributed by atoms with Crippen molar-refractivity contribution in [2.45, 2.75) is 0 Å². The van der Waals surface area contributed by atoms with Crippen LogP contribution >= 0.6 is 39.9 Å². The first kappa shape index (κ1) is 20.4. The summed E-state index contributed by atoms with van der Waals surface area (Å²) < 4.78 is 11.5. The first-order valence-corrected chi connectivity index (χ1v) is 9.97. The van der Waals surface area contributed by atoms with Crippen LogP contribution in [0.1, 0.15) is 5.56 Å². The number of halogens is 1. The number of thiocarbonyl (C=S) groups is 1. The summed E-state index contributed by atoms with van der Waals surface area (Å²) in [6.45, 7) is -0.496. The van der Waals surface area contributed by atoms with Gasteiger partial charge in [-0.15, -0.1) is 0 Å². The monoisotopic (exact) mass is 479 g/mol. The number of carboxylic acid groups (broad SMARTS) is 1. The minimum Gasteiger partial charge on any atom is -0.493 e. The lowest BCUT2D eigenvalue weighted by Gasteiger charge is -2.14. The Morgan fingerprint density at radius 1 is 1.32 bits per heavy atom. The molecule has 144 valence electrons. The Kier molecular flexibility index (Phi) is 6.38. The van der Waals surface area contributed by atoms with Gasteiger partial charge in [-0.05, 0) is 51.8 Å². The zero-order valence-corrected chi connectivity index (χ0v) is 17.8. The van der Waals surface area contributed by atoms with E-state index in [1.54, 1.807) is 18.2 Å². The standard InChI is InChI=1S/C19H14BrNO5S2/c1-25-14-8-11(7-13(20)17(14)26-10-16(22)23)9-15-18(24)21(19(27)28-15)12-5-3-2-4-6-12/h2-9H,10H2,1H3,(H,22,23)/b15-9+. The van der Waals surface area contributed by atoms with Gasteiger partial charge in [-0.3, -0.25) is 9.69 Å². The Hall–Kier alpha value is -2.36. The van der Waals surface area contributed by atoms with Gasteiger partial charge in [0.25, 0.3) is 5.91 Å². The molecule has 1 amide bonds. The van der Waals surface area contributed by atoms with Crippen LogP contribution in [0.5, 0.6) is 11.5 Å². The van der Waals surface area contributed by atoms with Crippen LogP contribution in [0.4, 0.5) is 5.69 Å². The summed E-state index contributed by atoms with van der Waals surface area (Å²) in [5.74, 6) is -0.676. The number of methoxy groups -OCH3 is 1. The topological polar surface area (TPSA) is 76.1 Å². The molecule has 9 heteroatoms. The van der Waals surface area contributed by atoms with Gasteiger partial charge < -0.3 is 14.6 Å². The molecule has 0 atom stereocenters. The first-order valence-electron chi connectivity index (χ1n) is 7.96. The minimum atomic E-state index is -1.09. The van der Waals surface area contributed by atoms with Crippen molar-refractivity contribution in [3.63, 3.8) is 0 Å². The van der Waals surface area contributed by atoms with Crippen molar-refractivity contribution in [3.05, 3.63) is 57.4 Å².